The van der Waals surface area contributed by atoms with Gasteiger partial charge in [0.25, 0.3) is 0 Å². The zero-order valence-electron chi connectivity index (χ0n) is 9.78. The molecule has 0 aromatic carbocycles. The molecule has 0 saturated carbocycles. The van der Waals surface area contributed by atoms with Gasteiger partial charge in [0.1, 0.15) is 0 Å². The molecular weight excluding hydrogens is 144 g/mol. The molecule has 12 heavy (non-hydrogen) atoms. The van der Waals surface area contributed by atoms with E-state index in [1.54, 1.807) is 0 Å². The summed E-state index contributed by atoms with van der Waals surface area (Å²) in [4.78, 5) is 0. The SMILES string of the molecule is CCC(C)C(C)(C)C(CC)CC. The van der Waals surface area contributed by atoms with E-state index in [-0.39, 0.29) is 0 Å². The first-order chi connectivity index (χ1) is 5.50. The van der Waals surface area contributed by atoms with E-state index in [2.05, 4.69) is 41.5 Å². The van der Waals surface area contributed by atoms with Crippen LogP contribution in [0.15, 0.2) is 0 Å². The number of hydrogen-bond acceptors (Lipinski definition) is 0. The Morgan fingerprint density at radius 1 is 0.917 bits per heavy atom. The lowest BCUT2D eigenvalue weighted by atomic mass is 9.67. The Morgan fingerprint density at radius 2 is 1.33 bits per heavy atom. The van der Waals surface area contributed by atoms with Crippen LogP contribution in [0.4, 0.5) is 0 Å². The van der Waals surface area contributed by atoms with Gasteiger partial charge in [-0.15, -0.1) is 0 Å². The van der Waals surface area contributed by atoms with Gasteiger partial charge >= 0.3 is 0 Å². The molecule has 0 N–H and O–H groups in total. The van der Waals surface area contributed by atoms with Crippen LogP contribution in [0.2, 0.25) is 0 Å². The summed E-state index contributed by atoms with van der Waals surface area (Å²) < 4.78 is 0. The van der Waals surface area contributed by atoms with Crippen molar-refractivity contribution in [2.24, 2.45) is 17.3 Å². The van der Waals surface area contributed by atoms with Gasteiger partial charge in [0, 0.05) is 0 Å². The average molecular weight is 170 g/mol. The molecule has 0 saturated heterocycles. The smallest absolute Gasteiger partial charge is 0.0301 e. The van der Waals surface area contributed by atoms with Gasteiger partial charge in [-0.05, 0) is 17.3 Å². The van der Waals surface area contributed by atoms with Gasteiger partial charge in [0.05, 0.1) is 0 Å². The van der Waals surface area contributed by atoms with Crippen molar-refractivity contribution < 1.29 is 0 Å². The fraction of sp³-hybridized carbons (Fsp3) is 1.00. The Hall–Kier alpha value is 0. The lowest BCUT2D eigenvalue weighted by molar-refractivity contribution is 0.114. The predicted octanol–water partition coefficient (Wildman–Crippen LogP) is 4.49. The van der Waals surface area contributed by atoms with Crippen molar-refractivity contribution in [1.29, 1.82) is 0 Å². The minimum Gasteiger partial charge on any atom is -0.0651 e. The third-order valence-corrected chi connectivity index (χ3v) is 3.92. The van der Waals surface area contributed by atoms with E-state index < -0.39 is 0 Å². The van der Waals surface area contributed by atoms with Crippen molar-refractivity contribution in [2.75, 3.05) is 0 Å². The van der Waals surface area contributed by atoms with Gasteiger partial charge in [0.15, 0.2) is 0 Å². The first-order valence-electron chi connectivity index (χ1n) is 5.50. The molecule has 0 aliphatic carbocycles. The number of rotatable bonds is 5. The highest BCUT2D eigenvalue weighted by atomic mass is 14.4. The highest BCUT2D eigenvalue weighted by molar-refractivity contribution is 4.80. The lowest BCUT2D eigenvalue weighted by Gasteiger charge is -2.38. The molecule has 0 nitrogen and oxygen atoms in total. The third-order valence-electron chi connectivity index (χ3n) is 3.92. The third kappa shape index (κ3) is 2.50. The quantitative estimate of drug-likeness (QED) is 0.570. The van der Waals surface area contributed by atoms with Crippen molar-refractivity contribution in [3.63, 3.8) is 0 Å². The maximum atomic E-state index is 2.43. The van der Waals surface area contributed by atoms with Crippen molar-refractivity contribution in [3.05, 3.63) is 0 Å². The summed E-state index contributed by atoms with van der Waals surface area (Å²) >= 11 is 0. The summed E-state index contributed by atoms with van der Waals surface area (Å²) in [5.74, 6) is 1.75. The maximum Gasteiger partial charge on any atom is -0.0301 e. The molecule has 1 unspecified atom stereocenters. The van der Waals surface area contributed by atoms with Gasteiger partial charge < -0.3 is 0 Å². The van der Waals surface area contributed by atoms with Gasteiger partial charge in [-0.1, -0.05) is 60.8 Å². The summed E-state index contributed by atoms with van der Waals surface area (Å²) in [6.07, 6.45) is 3.96. The first kappa shape index (κ1) is 12.0. The molecule has 0 heteroatoms. The second kappa shape index (κ2) is 4.89. The first-order valence-corrected chi connectivity index (χ1v) is 5.50. The molecule has 0 bridgehead atoms. The van der Waals surface area contributed by atoms with Crippen LogP contribution >= 0.6 is 0 Å². The largest absolute Gasteiger partial charge is 0.0651 e. The van der Waals surface area contributed by atoms with Gasteiger partial charge in [0.2, 0.25) is 0 Å². The van der Waals surface area contributed by atoms with E-state index in [1.165, 1.54) is 19.3 Å². The molecule has 1 atom stereocenters. The highest BCUT2D eigenvalue weighted by Gasteiger charge is 2.31. The standard InChI is InChI=1S/C12H26/c1-7-10(4)12(5,6)11(8-2)9-3/h10-11H,7-9H2,1-6H3. The summed E-state index contributed by atoms with van der Waals surface area (Å²) in [7, 11) is 0. The Kier molecular flexibility index (Phi) is 4.89. The molecule has 0 amide bonds. The Bertz CT molecular complexity index is 109. The van der Waals surface area contributed by atoms with E-state index in [4.69, 9.17) is 0 Å². The number of hydrogen-bond donors (Lipinski definition) is 0. The van der Waals surface area contributed by atoms with Crippen LogP contribution in [0.3, 0.4) is 0 Å². The summed E-state index contributed by atoms with van der Waals surface area (Å²) in [5.41, 5.74) is 0.526. The summed E-state index contributed by atoms with van der Waals surface area (Å²) in [6.45, 7) is 14.2. The fourth-order valence-corrected chi connectivity index (χ4v) is 2.27. The second-order valence-electron chi connectivity index (χ2n) is 4.64. The van der Waals surface area contributed by atoms with Gasteiger partial charge in [-0.2, -0.15) is 0 Å². The molecule has 0 fully saturated rings. The second-order valence-corrected chi connectivity index (χ2v) is 4.64. The molecule has 74 valence electrons. The molecule has 0 spiro atoms. The Balaban J connectivity index is 4.33. The zero-order valence-corrected chi connectivity index (χ0v) is 9.78. The van der Waals surface area contributed by atoms with Crippen LogP contribution in [-0.2, 0) is 0 Å². The van der Waals surface area contributed by atoms with Crippen LogP contribution < -0.4 is 0 Å². The molecule has 0 aromatic heterocycles. The zero-order chi connectivity index (χ0) is 9.78. The Labute approximate surface area is 78.8 Å². The van der Waals surface area contributed by atoms with Crippen LogP contribution in [0, 0.1) is 17.3 Å². The van der Waals surface area contributed by atoms with E-state index in [0.717, 1.165) is 11.8 Å². The molecule has 0 radical (unpaired) electrons. The van der Waals surface area contributed by atoms with Crippen molar-refractivity contribution in [1.82, 2.24) is 0 Å². The minimum atomic E-state index is 0.526. The van der Waals surface area contributed by atoms with Crippen molar-refractivity contribution >= 4 is 0 Å². The monoisotopic (exact) mass is 170 g/mol. The lowest BCUT2D eigenvalue weighted by Crippen LogP contribution is -2.30. The van der Waals surface area contributed by atoms with Crippen molar-refractivity contribution in [2.45, 2.75) is 60.8 Å². The molecule has 0 aliphatic rings. The Morgan fingerprint density at radius 3 is 1.58 bits per heavy atom. The fourth-order valence-electron chi connectivity index (χ4n) is 2.27. The normalized spacial score (nSPS) is 15.2. The van der Waals surface area contributed by atoms with Crippen LogP contribution in [-0.4, -0.2) is 0 Å². The van der Waals surface area contributed by atoms with E-state index in [9.17, 15) is 0 Å². The van der Waals surface area contributed by atoms with Crippen LogP contribution in [0.1, 0.15) is 60.8 Å². The van der Waals surface area contributed by atoms with Crippen molar-refractivity contribution in [3.8, 4) is 0 Å². The summed E-state index contributed by atoms with van der Waals surface area (Å²) in [6, 6.07) is 0. The van der Waals surface area contributed by atoms with Gasteiger partial charge in [-0.3, -0.25) is 0 Å². The van der Waals surface area contributed by atoms with Crippen LogP contribution in [0.5, 0.6) is 0 Å². The van der Waals surface area contributed by atoms with Gasteiger partial charge in [-0.25, -0.2) is 0 Å². The topological polar surface area (TPSA) is 0 Å². The van der Waals surface area contributed by atoms with E-state index in [0.29, 0.717) is 5.41 Å². The van der Waals surface area contributed by atoms with E-state index in [1.807, 2.05) is 0 Å². The average Bonchev–Trinajstić information content (AvgIpc) is 2.04. The van der Waals surface area contributed by atoms with Crippen LogP contribution in [0.25, 0.3) is 0 Å². The maximum absolute atomic E-state index is 2.43. The van der Waals surface area contributed by atoms with E-state index >= 15 is 0 Å². The molecule has 0 aromatic rings. The highest BCUT2D eigenvalue weighted by Crippen LogP contribution is 2.40. The molecule has 0 rings (SSSR count). The summed E-state index contributed by atoms with van der Waals surface area (Å²) in [5, 5.41) is 0. The molecular formula is C12H26. The molecule has 0 heterocycles. The minimum absolute atomic E-state index is 0.526. The predicted molar refractivity (Wildman–Crippen MR) is 57.3 cm³/mol. The molecule has 0 aliphatic heterocycles.